The topological polar surface area (TPSA) is 35.5 Å². The third kappa shape index (κ3) is 4.21. The number of para-hydroxylation sites is 1. The molecule has 2 N–H and O–H groups in total. The SMILES string of the molecule is CCN(c1ccccc1C)C(C)CC(C)(CO)NC1CC1. The molecule has 2 atom stereocenters. The van der Waals surface area contributed by atoms with E-state index in [0.717, 1.165) is 13.0 Å². The van der Waals surface area contributed by atoms with Crippen LogP contribution in [0, 0.1) is 6.92 Å². The molecule has 1 aliphatic rings. The van der Waals surface area contributed by atoms with Crippen LogP contribution in [0.5, 0.6) is 0 Å². The molecular formula is C18H30N2O. The van der Waals surface area contributed by atoms with E-state index in [4.69, 9.17) is 0 Å². The van der Waals surface area contributed by atoms with E-state index in [1.165, 1.54) is 24.1 Å². The summed E-state index contributed by atoms with van der Waals surface area (Å²) in [6.45, 7) is 9.95. The second-order valence-corrected chi connectivity index (χ2v) is 6.76. The minimum atomic E-state index is -0.184. The smallest absolute Gasteiger partial charge is 0.0611 e. The van der Waals surface area contributed by atoms with Gasteiger partial charge in [-0.2, -0.15) is 0 Å². The molecule has 0 bridgehead atoms. The average molecular weight is 290 g/mol. The first-order chi connectivity index (χ1) is 9.99. The standard InChI is InChI=1S/C18H30N2O/c1-5-20(17-9-7-6-8-14(17)2)15(3)12-18(4,13-21)19-16-10-11-16/h6-9,15-16,19,21H,5,10-13H2,1-4H3. The molecule has 0 aliphatic heterocycles. The van der Waals surface area contributed by atoms with E-state index in [1.807, 2.05) is 0 Å². The summed E-state index contributed by atoms with van der Waals surface area (Å²) in [7, 11) is 0. The van der Waals surface area contributed by atoms with Gasteiger partial charge in [-0.05, 0) is 58.6 Å². The maximum absolute atomic E-state index is 9.81. The quantitative estimate of drug-likeness (QED) is 0.772. The summed E-state index contributed by atoms with van der Waals surface area (Å²) >= 11 is 0. The Morgan fingerprint density at radius 2 is 2.05 bits per heavy atom. The Balaban J connectivity index is 2.08. The molecule has 2 rings (SSSR count). The molecule has 1 fully saturated rings. The molecule has 0 saturated heterocycles. The van der Waals surface area contributed by atoms with Gasteiger partial charge < -0.3 is 15.3 Å². The van der Waals surface area contributed by atoms with Crippen molar-refractivity contribution in [2.45, 2.75) is 64.6 Å². The lowest BCUT2D eigenvalue weighted by molar-refractivity contribution is 0.157. The third-order valence-corrected chi connectivity index (χ3v) is 4.52. The van der Waals surface area contributed by atoms with Gasteiger partial charge >= 0.3 is 0 Å². The van der Waals surface area contributed by atoms with Crippen LogP contribution < -0.4 is 10.2 Å². The predicted octanol–water partition coefficient (Wildman–Crippen LogP) is 3.10. The van der Waals surface area contributed by atoms with Crippen LogP contribution in [-0.4, -0.2) is 35.9 Å². The van der Waals surface area contributed by atoms with Gasteiger partial charge in [0, 0.05) is 29.9 Å². The van der Waals surface area contributed by atoms with Crippen molar-refractivity contribution in [1.29, 1.82) is 0 Å². The Kier molecular flexibility index (Phi) is 5.28. The Morgan fingerprint density at radius 1 is 1.38 bits per heavy atom. The first-order valence-corrected chi connectivity index (χ1v) is 8.20. The molecule has 0 radical (unpaired) electrons. The van der Waals surface area contributed by atoms with Crippen LogP contribution in [0.25, 0.3) is 0 Å². The highest BCUT2D eigenvalue weighted by Crippen LogP contribution is 2.28. The van der Waals surface area contributed by atoms with Crippen molar-refractivity contribution >= 4 is 5.69 Å². The van der Waals surface area contributed by atoms with Crippen LogP contribution in [0.3, 0.4) is 0 Å². The molecule has 1 aliphatic carbocycles. The lowest BCUT2D eigenvalue weighted by atomic mass is 9.93. The monoisotopic (exact) mass is 290 g/mol. The first-order valence-electron chi connectivity index (χ1n) is 8.20. The summed E-state index contributed by atoms with van der Waals surface area (Å²) in [6, 6.07) is 9.55. The summed E-state index contributed by atoms with van der Waals surface area (Å²) in [5.74, 6) is 0. The fourth-order valence-corrected chi connectivity index (χ4v) is 3.26. The highest BCUT2D eigenvalue weighted by Gasteiger charge is 2.34. The van der Waals surface area contributed by atoms with E-state index in [0.29, 0.717) is 12.1 Å². The van der Waals surface area contributed by atoms with Crippen LogP contribution in [0.15, 0.2) is 24.3 Å². The third-order valence-electron chi connectivity index (χ3n) is 4.52. The summed E-state index contributed by atoms with van der Waals surface area (Å²) < 4.78 is 0. The second-order valence-electron chi connectivity index (χ2n) is 6.76. The lowest BCUT2D eigenvalue weighted by Crippen LogP contribution is -2.51. The fraction of sp³-hybridized carbons (Fsp3) is 0.667. The number of nitrogens with one attached hydrogen (secondary N) is 1. The van der Waals surface area contributed by atoms with E-state index < -0.39 is 0 Å². The van der Waals surface area contributed by atoms with E-state index in [2.05, 4.69) is 62.2 Å². The number of hydrogen-bond donors (Lipinski definition) is 2. The first kappa shape index (κ1) is 16.3. The Morgan fingerprint density at radius 3 is 2.57 bits per heavy atom. The molecule has 3 heteroatoms. The maximum atomic E-state index is 9.81. The molecule has 2 unspecified atom stereocenters. The van der Waals surface area contributed by atoms with Crippen LogP contribution >= 0.6 is 0 Å². The molecule has 1 saturated carbocycles. The van der Waals surface area contributed by atoms with Crippen molar-refractivity contribution < 1.29 is 5.11 Å². The number of rotatable bonds is 8. The number of anilines is 1. The van der Waals surface area contributed by atoms with E-state index >= 15 is 0 Å². The zero-order chi connectivity index (χ0) is 15.5. The van der Waals surface area contributed by atoms with Crippen molar-refractivity contribution in [3.05, 3.63) is 29.8 Å². The van der Waals surface area contributed by atoms with Crippen molar-refractivity contribution in [1.82, 2.24) is 5.32 Å². The Labute approximate surface area is 129 Å². The minimum Gasteiger partial charge on any atom is -0.394 e. The summed E-state index contributed by atoms with van der Waals surface area (Å²) in [5.41, 5.74) is 2.43. The number of aliphatic hydroxyl groups excluding tert-OH is 1. The molecule has 0 amide bonds. The van der Waals surface area contributed by atoms with Crippen molar-refractivity contribution in [2.75, 3.05) is 18.1 Å². The van der Waals surface area contributed by atoms with E-state index in [1.54, 1.807) is 0 Å². The van der Waals surface area contributed by atoms with Crippen LogP contribution in [0.4, 0.5) is 5.69 Å². The number of nitrogens with zero attached hydrogens (tertiary/aromatic N) is 1. The van der Waals surface area contributed by atoms with Crippen LogP contribution in [-0.2, 0) is 0 Å². The zero-order valence-electron chi connectivity index (χ0n) is 13.9. The normalized spacial score (nSPS) is 19.1. The van der Waals surface area contributed by atoms with Gasteiger partial charge in [0.05, 0.1) is 6.61 Å². The highest BCUT2D eigenvalue weighted by molar-refractivity contribution is 5.53. The van der Waals surface area contributed by atoms with Gasteiger partial charge in [-0.15, -0.1) is 0 Å². The number of aliphatic hydroxyl groups is 1. The van der Waals surface area contributed by atoms with Gasteiger partial charge in [0.1, 0.15) is 0 Å². The predicted molar refractivity (Wildman–Crippen MR) is 89.9 cm³/mol. The molecule has 1 aromatic carbocycles. The van der Waals surface area contributed by atoms with Gasteiger partial charge in [0.25, 0.3) is 0 Å². The van der Waals surface area contributed by atoms with Crippen molar-refractivity contribution in [3.8, 4) is 0 Å². The molecule has 118 valence electrons. The van der Waals surface area contributed by atoms with Gasteiger partial charge in [0.15, 0.2) is 0 Å². The second kappa shape index (κ2) is 6.80. The van der Waals surface area contributed by atoms with Gasteiger partial charge in [-0.25, -0.2) is 0 Å². The molecule has 1 aromatic rings. The Hall–Kier alpha value is -1.06. The molecule has 21 heavy (non-hydrogen) atoms. The number of hydrogen-bond acceptors (Lipinski definition) is 3. The van der Waals surface area contributed by atoms with E-state index in [-0.39, 0.29) is 12.1 Å². The summed E-state index contributed by atoms with van der Waals surface area (Å²) in [4.78, 5) is 2.44. The summed E-state index contributed by atoms with van der Waals surface area (Å²) in [6.07, 6.45) is 3.45. The summed E-state index contributed by atoms with van der Waals surface area (Å²) in [5, 5.41) is 13.4. The molecule has 0 heterocycles. The largest absolute Gasteiger partial charge is 0.394 e. The van der Waals surface area contributed by atoms with Gasteiger partial charge in [-0.1, -0.05) is 18.2 Å². The van der Waals surface area contributed by atoms with Gasteiger partial charge in [0.2, 0.25) is 0 Å². The van der Waals surface area contributed by atoms with Crippen LogP contribution in [0.1, 0.15) is 45.6 Å². The van der Waals surface area contributed by atoms with Gasteiger partial charge in [-0.3, -0.25) is 0 Å². The van der Waals surface area contributed by atoms with E-state index in [9.17, 15) is 5.11 Å². The molecule has 0 aromatic heterocycles. The maximum Gasteiger partial charge on any atom is 0.0611 e. The molecule has 0 spiro atoms. The Bertz CT molecular complexity index is 458. The average Bonchev–Trinajstić information content (AvgIpc) is 3.25. The lowest BCUT2D eigenvalue weighted by Gasteiger charge is -2.38. The number of aryl methyl sites for hydroxylation is 1. The van der Waals surface area contributed by atoms with Crippen molar-refractivity contribution in [2.24, 2.45) is 0 Å². The number of benzene rings is 1. The van der Waals surface area contributed by atoms with Crippen LogP contribution in [0.2, 0.25) is 0 Å². The fourth-order valence-electron chi connectivity index (χ4n) is 3.26. The molecule has 3 nitrogen and oxygen atoms in total. The highest BCUT2D eigenvalue weighted by atomic mass is 16.3. The minimum absolute atomic E-state index is 0.184. The van der Waals surface area contributed by atoms with Crippen molar-refractivity contribution in [3.63, 3.8) is 0 Å². The molecular weight excluding hydrogens is 260 g/mol. The zero-order valence-corrected chi connectivity index (χ0v) is 13.9.